The van der Waals surface area contributed by atoms with Gasteiger partial charge in [-0.15, -0.1) is 0 Å². The second-order valence-electron chi connectivity index (χ2n) is 7.39. The van der Waals surface area contributed by atoms with Crippen LogP contribution in [0.4, 0.5) is 4.79 Å². The van der Waals surface area contributed by atoms with Crippen LogP contribution < -0.4 is 5.32 Å². The molecule has 0 spiro atoms. The van der Waals surface area contributed by atoms with Gasteiger partial charge in [-0.2, -0.15) is 0 Å². The van der Waals surface area contributed by atoms with Crippen LogP contribution in [0.3, 0.4) is 0 Å². The van der Waals surface area contributed by atoms with Crippen molar-refractivity contribution in [3.8, 4) is 0 Å². The van der Waals surface area contributed by atoms with Crippen molar-refractivity contribution in [2.75, 3.05) is 33.3 Å². The van der Waals surface area contributed by atoms with E-state index in [1.165, 1.54) is 7.11 Å². The molecule has 0 aromatic heterocycles. The number of rotatable bonds is 1. The normalized spacial score (nSPS) is 32.5. The van der Waals surface area contributed by atoms with Crippen LogP contribution in [0.25, 0.3) is 0 Å². The van der Waals surface area contributed by atoms with Crippen LogP contribution in [-0.2, 0) is 14.3 Å². The highest BCUT2D eigenvalue weighted by molar-refractivity contribution is 5.81. The van der Waals surface area contributed by atoms with Crippen molar-refractivity contribution in [3.63, 3.8) is 0 Å². The van der Waals surface area contributed by atoms with Crippen molar-refractivity contribution in [2.45, 2.75) is 39.7 Å². The van der Waals surface area contributed by atoms with E-state index in [4.69, 9.17) is 9.47 Å². The molecule has 6 nitrogen and oxygen atoms in total. The van der Waals surface area contributed by atoms with E-state index in [0.29, 0.717) is 19.6 Å². The van der Waals surface area contributed by atoms with Gasteiger partial charge in [-0.25, -0.2) is 4.79 Å². The van der Waals surface area contributed by atoms with Crippen LogP contribution >= 0.6 is 0 Å². The predicted molar refractivity (Wildman–Crippen MR) is 77.8 cm³/mol. The summed E-state index contributed by atoms with van der Waals surface area (Å²) >= 11 is 0. The molecule has 1 amide bonds. The molecule has 2 fully saturated rings. The average Bonchev–Trinajstić information content (AvgIpc) is 2.73. The highest BCUT2D eigenvalue weighted by atomic mass is 16.6. The Morgan fingerprint density at radius 3 is 2.48 bits per heavy atom. The lowest BCUT2D eigenvalue weighted by Gasteiger charge is -2.48. The fraction of sp³-hybridized carbons (Fsp3) is 0.867. The SMILES string of the molecule is COC(=O)[C@@]12CNC[C@]1(C)CCN(C(=O)OC(C)(C)C)C2. The molecule has 21 heavy (non-hydrogen) atoms. The number of nitrogens with zero attached hydrogens (tertiary/aromatic N) is 1. The molecular formula is C15H26N2O4. The molecule has 2 aliphatic rings. The molecule has 0 aliphatic carbocycles. The van der Waals surface area contributed by atoms with Gasteiger partial charge in [0.25, 0.3) is 0 Å². The number of hydrogen-bond acceptors (Lipinski definition) is 5. The number of hydrogen-bond donors (Lipinski definition) is 1. The van der Waals surface area contributed by atoms with E-state index in [2.05, 4.69) is 12.2 Å². The molecule has 0 aromatic carbocycles. The Kier molecular flexibility index (Phi) is 3.95. The zero-order valence-electron chi connectivity index (χ0n) is 13.6. The quantitative estimate of drug-likeness (QED) is 0.741. The number of methoxy groups -OCH3 is 1. The minimum absolute atomic E-state index is 0.182. The molecule has 6 heteroatoms. The average molecular weight is 298 g/mol. The lowest BCUT2D eigenvalue weighted by Crippen LogP contribution is -2.59. The number of nitrogens with one attached hydrogen (secondary N) is 1. The van der Waals surface area contributed by atoms with E-state index >= 15 is 0 Å². The highest BCUT2D eigenvalue weighted by Crippen LogP contribution is 2.49. The summed E-state index contributed by atoms with van der Waals surface area (Å²) < 4.78 is 10.5. The Bertz CT molecular complexity index is 445. The Labute approximate surface area is 126 Å². The first kappa shape index (κ1) is 16.1. The number of carbonyl (C=O) groups excluding carboxylic acids is 2. The number of likely N-dealkylation sites (tertiary alicyclic amines) is 1. The van der Waals surface area contributed by atoms with E-state index < -0.39 is 11.0 Å². The molecular weight excluding hydrogens is 272 g/mol. The van der Waals surface area contributed by atoms with E-state index in [9.17, 15) is 9.59 Å². The summed E-state index contributed by atoms with van der Waals surface area (Å²) in [4.78, 5) is 26.3. The number of fused-ring (bicyclic) bond motifs is 1. The third-order valence-corrected chi connectivity index (χ3v) is 4.72. The van der Waals surface area contributed by atoms with Gasteiger partial charge in [0.1, 0.15) is 11.0 Å². The molecule has 1 N–H and O–H groups in total. The summed E-state index contributed by atoms with van der Waals surface area (Å²) in [6, 6.07) is 0. The number of piperidine rings is 1. The largest absolute Gasteiger partial charge is 0.468 e. The second-order valence-corrected chi connectivity index (χ2v) is 7.39. The molecule has 0 unspecified atom stereocenters. The second kappa shape index (κ2) is 5.16. The molecule has 0 saturated carbocycles. The van der Waals surface area contributed by atoms with Crippen molar-refractivity contribution in [3.05, 3.63) is 0 Å². The van der Waals surface area contributed by atoms with E-state index in [0.717, 1.165) is 13.0 Å². The summed E-state index contributed by atoms with van der Waals surface area (Å²) in [6.45, 7) is 9.87. The highest BCUT2D eigenvalue weighted by Gasteiger charge is 2.61. The fourth-order valence-corrected chi connectivity index (χ4v) is 3.36. The van der Waals surface area contributed by atoms with Crippen LogP contribution in [-0.4, -0.2) is 55.9 Å². The predicted octanol–water partition coefficient (Wildman–Crippen LogP) is 1.40. The van der Waals surface area contributed by atoms with Gasteiger partial charge >= 0.3 is 12.1 Å². The van der Waals surface area contributed by atoms with Crippen molar-refractivity contribution in [1.29, 1.82) is 0 Å². The van der Waals surface area contributed by atoms with E-state index in [-0.39, 0.29) is 17.5 Å². The fourth-order valence-electron chi connectivity index (χ4n) is 3.36. The zero-order chi connectivity index (χ0) is 15.9. The smallest absolute Gasteiger partial charge is 0.410 e. The third kappa shape index (κ3) is 2.73. The first-order chi connectivity index (χ1) is 9.63. The summed E-state index contributed by atoms with van der Waals surface area (Å²) in [5.74, 6) is -0.247. The molecule has 2 heterocycles. The Hall–Kier alpha value is -1.30. The molecule has 0 aromatic rings. The Morgan fingerprint density at radius 2 is 1.90 bits per heavy atom. The molecule has 0 radical (unpaired) electrons. The van der Waals surface area contributed by atoms with Crippen molar-refractivity contribution in [1.82, 2.24) is 10.2 Å². The topological polar surface area (TPSA) is 67.9 Å². The van der Waals surface area contributed by atoms with Crippen LogP contribution in [0, 0.1) is 10.8 Å². The molecule has 0 bridgehead atoms. The number of esters is 1. The maximum atomic E-state index is 12.4. The van der Waals surface area contributed by atoms with Crippen LogP contribution in [0.15, 0.2) is 0 Å². The summed E-state index contributed by atoms with van der Waals surface area (Å²) in [5.41, 5.74) is -1.40. The number of carbonyl (C=O) groups is 2. The summed E-state index contributed by atoms with van der Waals surface area (Å²) in [5, 5.41) is 3.29. The van der Waals surface area contributed by atoms with Crippen molar-refractivity contribution < 1.29 is 19.1 Å². The van der Waals surface area contributed by atoms with Crippen LogP contribution in [0.1, 0.15) is 34.1 Å². The first-order valence-corrected chi connectivity index (χ1v) is 7.41. The molecule has 2 saturated heterocycles. The number of amides is 1. The van der Waals surface area contributed by atoms with Crippen molar-refractivity contribution in [2.24, 2.45) is 10.8 Å². The van der Waals surface area contributed by atoms with E-state index in [1.54, 1.807) is 4.90 Å². The summed E-state index contributed by atoms with van der Waals surface area (Å²) in [7, 11) is 1.41. The lowest BCUT2D eigenvalue weighted by atomic mass is 9.62. The standard InChI is InChI=1S/C15H26N2O4/c1-13(2,3)21-12(19)17-7-6-14(4)8-16-9-15(14,10-17)11(18)20-5/h16H,6-10H2,1-5H3/t14-,15-/m0/s1. The van der Waals surface area contributed by atoms with E-state index in [1.807, 2.05) is 20.8 Å². The first-order valence-electron chi connectivity index (χ1n) is 7.41. The van der Waals surface area contributed by atoms with Gasteiger partial charge in [-0.1, -0.05) is 6.92 Å². The third-order valence-electron chi connectivity index (χ3n) is 4.72. The van der Waals surface area contributed by atoms with Gasteiger partial charge in [0.05, 0.1) is 7.11 Å². The minimum atomic E-state index is -0.684. The van der Waals surface area contributed by atoms with Gasteiger partial charge in [0.2, 0.25) is 0 Å². The minimum Gasteiger partial charge on any atom is -0.468 e. The van der Waals surface area contributed by atoms with Gasteiger partial charge in [-0.3, -0.25) is 4.79 Å². The lowest BCUT2D eigenvalue weighted by molar-refractivity contribution is -0.163. The zero-order valence-corrected chi connectivity index (χ0v) is 13.6. The van der Waals surface area contributed by atoms with Gasteiger partial charge in [0.15, 0.2) is 0 Å². The van der Waals surface area contributed by atoms with Crippen molar-refractivity contribution >= 4 is 12.1 Å². The Morgan fingerprint density at radius 1 is 1.24 bits per heavy atom. The van der Waals surface area contributed by atoms with Gasteiger partial charge in [-0.05, 0) is 27.2 Å². The molecule has 2 aliphatic heterocycles. The number of ether oxygens (including phenoxy) is 2. The van der Waals surface area contributed by atoms with Gasteiger partial charge in [0, 0.05) is 31.6 Å². The maximum absolute atomic E-state index is 12.4. The Balaban J connectivity index is 2.21. The maximum Gasteiger partial charge on any atom is 0.410 e. The summed E-state index contributed by atoms with van der Waals surface area (Å²) in [6.07, 6.45) is 0.397. The molecule has 2 rings (SSSR count). The molecule has 120 valence electrons. The van der Waals surface area contributed by atoms with Gasteiger partial charge < -0.3 is 19.7 Å². The monoisotopic (exact) mass is 298 g/mol. The molecule has 2 atom stereocenters. The van der Waals surface area contributed by atoms with Crippen LogP contribution in [0.5, 0.6) is 0 Å². The van der Waals surface area contributed by atoms with Crippen LogP contribution in [0.2, 0.25) is 0 Å².